The predicted molar refractivity (Wildman–Crippen MR) is 90.9 cm³/mol. The molecule has 116 valence electrons. The topological polar surface area (TPSA) is 80.0 Å². The molecule has 6 nitrogen and oxygen atoms in total. The summed E-state index contributed by atoms with van der Waals surface area (Å²) < 4.78 is 5.88. The molecule has 7 heteroatoms. The van der Waals surface area contributed by atoms with E-state index in [1.807, 2.05) is 24.3 Å². The Hall–Kier alpha value is -2.67. The second kappa shape index (κ2) is 6.62. The summed E-state index contributed by atoms with van der Waals surface area (Å²) in [5, 5.41) is 9.66. The molecule has 3 rings (SSSR count). The third-order valence-corrected chi connectivity index (χ3v) is 3.48. The highest BCUT2D eigenvalue weighted by atomic mass is 79.9. The van der Waals surface area contributed by atoms with Crippen molar-refractivity contribution in [1.82, 2.24) is 10.1 Å². The van der Waals surface area contributed by atoms with Crippen LogP contribution in [-0.2, 0) is 0 Å². The lowest BCUT2D eigenvalue weighted by Gasteiger charge is -2.07. The monoisotopic (exact) mass is 372 g/mol. The van der Waals surface area contributed by atoms with Gasteiger partial charge >= 0.3 is 0 Å². The van der Waals surface area contributed by atoms with Gasteiger partial charge in [0, 0.05) is 28.0 Å². The Bertz CT molecular complexity index is 847. The number of nitrogens with zero attached hydrogens (tertiary/aromatic N) is 2. The van der Waals surface area contributed by atoms with Crippen LogP contribution in [0.2, 0.25) is 0 Å². The van der Waals surface area contributed by atoms with E-state index in [-0.39, 0.29) is 5.91 Å². The van der Waals surface area contributed by atoms with Crippen LogP contribution in [0.4, 0.5) is 17.3 Å². The largest absolute Gasteiger partial charge is 0.360 e. The summed E-state index contributed by atoms with van der Waals surface area (Å²) >= 11 is 3.37. The number of carbonyl (C=O) groups excluding carboxylic acids is 1. The van der Waals surface area contributed by atoms with Crippen LogP contribution in [0.15, 0.2) is 57.7 Å². The minimum absolute atomic E-state index is 0.218. The molecule has 1 amide bonds. The van der Waals surface area contributed by atoms with Crippen molar-refractivity contribution in [3.05, 3.63) is 64.5 Å². The highest BCUT2D eigenvalue weighted by molar-refractivity contribution is 9.10. The number of carbonyl (C=O) groups is 1. The number of benzene rings is 1. The third kappa shape index (κ3) is 3.95. The van der Waals surface area contributed by atoms with E-state index in [0.29, 0.717) is 28.6 Å². The summed E-state index contributed by atoms with van der Waals surface area (Å²) in [4.78, 5) is 16.5. The van der Waals surface area contributed by atoms with E-state index in [0.717, 1.165) is 4.47 Å². The number of aromatic nitrogens is 2. The van der Waals surface area contributed by atoms with Crippen LogP contribution in [0.1, 0.15) is 16.1 Å². The lowest BCUT2D eigenvalue weighted by atomic mass is 10.2. The van der Waals surface area contributed by atoms with Crippen LogP contribution in [0.5, 0.6) is 0 Å². The number of nitrogens with one attached hydrogen (secondary N) is 2. The van der Waals surface area contributed by atoms with Gasteiger partial charge in [-0.3, -0.25) is 4.79 Å². The molecule has 0 spiro atoms. The maximum atomic E-state index is 12.3. The fraction of sp³-hybridized carbons (Fsp3) is 0.0625. The number of amides is 1. The molecular weight excluding hydrogens is 360 g/mol. The zero-order valence-electron chi connectivity index (χ0n) is 12.2. The van der Waals surface area contributed by atoms with Gasteiger partial charge in [-0.25, -0.2) is 4.98 Å². The molecule has 0 aliphatic rings. The lowest BCUT2D eigenvalue weighted by molar-refractivity contribution is 0.102. The van der Waals surface area contributed by atoms with E-state index in [9.17, 15) is 4.79 Å². The Morgan fingerprint density at radius 1 is 1.17 bits per heavy atom. The predicted octanol–water partition coefficient (Wildman–Crippen LogP) is 4.14. The van der Waals surface area contributed by atoms with Gasteiger partial charge in [-0.2, -0.15) is 0 Å². The van der Waals surface area contributed by atoms with Gasteiger partial charge in [-0.1, -0.05) is 27.2 Å². The van der Waals surface area contributed by atoms with E-state index in [4.69, 9.17) is 4.52 Å². The van der Waals surface area contributed by atoms with Gasteiger partial charge in [0.25, 0.3) is 5.91 Å². The SMILES string of the molecule is Cc1cc(Nc2cc(C(=O)Nc3cccc(Br)c3)ccn2)no1. The number of hydrogen-bond donors (Lipinski definition) is 2. The first kappa shape index (κ1) is 15.2. The Morgan fingerprint density at radius 3 is 2.78 bits per heavy atom. The number of pyridine rings is 1. The van der Waals surface area contributed by atoms with Crippen LogP contribution in [0.25, 0.3) is 0 Å². The number of halogens is 1. The number of rotatable bonds is 4. The molecule has 3 aromatic rings. The minimum Gasteiger partial charge on any atom is -0.360 e. The zero-order valence-corrected chi connectivity index (χ0v) is 13.8. The molecule has 0 saturated carbocycles. The third-order valence-electron chi connectivity index (χ3n) is 2.99. The molecule has 0 fully saturated rings. The van der Waals surface area contributed by atoms with E-state index < -0.39 is 0 Å². The molecule has 0 aliphatic carbocycles. The standard InChI is InChI=1S/C16H13BrN4O2/c1-10-7-15(21-23-10)20-14-8-11(5-6-18-14)16(22)19-13-4-2-3-12(17)9-13/h2-9H,1H3,(H,19,22)(H,18,20,21). The van der Waals surface area contributed by atoms with Gasteiger partial charge in [-0.15, -0.1) is 0 Å². The molecule has 0 bridgehead atoms. The first-order valence-electron chi connectivity index (χ1n) is 6.83. The van der Waals surface area contributed by atoms with E-state index in [1.54, 1.807) is 31.3 Å². The first-order valence-corrected chi connectivity index (χ1v) is 7.63. The maximum absolute atomic E-state index is 12.3. The van der Waals surface area contributed by atoms with Gasteiger partial charge in [0.05, 0.1) is 0 Å². The molecule has 1 aromatic carbocycles. The molecule has 0 aliphatic heterocycles. The van der Waals surface area contributed by atoms with Crippen molar-refractivity contribution in [2.75, 3.05) is 10.6 Å². The summed E-state index contributed by atoms with van der Waals surface area (Å²) in [5.41, 5.74) is 1.20. The quantitative estimate of drug-likeness (QED) is 0.719. The van der Waals surface area contributed by atoms with Crippen molar-refractivity contribution < 1.29 is 9.32 Å². The summed E-state index contributed by atoms with van der Waals surface area (Å²) in [7, 11) is 0. The molecule has 0 saturated heterocycles. The molecule has 0 radical (unpaired) electrons. The Kier molecular flexibility index (Phi) is 4.38. The molecule has 0 unspecified atom stereocenters. The maximum Gasteiger partial charge on any atom is 0.255 e. The van der Waals surface area contributed by atoms with Crippen molar-refractivity contribution in [2.24, 2.45) is 0 Å². The fourth-order valence-corrected chi connectivity index (χ4v) is 2.37. The molecule has 2 aromatic heterocycles. The first-order chi connectivity index (χ1) is 11.1. The smallest absolute Gasteiger partial charge is 0.255 e. The average molecular weight is 373 g/mol. The van der Waals surface area contributed by atoms with E-state index >= 15 is 0 Å². The minimum atomic E-state index is -0.218. The van der Waals surface area contributed by atoms with Gasteiger partial charge in [0.1, 0.15) is 11.6 Å². The summed E-state index contributed by atoms with van der Waals surface area (Å²) in [5.74, 6) is 1.53. The zero-order chi connectivity index (χ0) is 16.2. The molecule has 2 N–H and O–H groups in total. The molecule has 23 heavy (non-hydrogen) atoms. The Labute approximate surface area is 141 Å². The summed E-state index contributed by atoms with van der Waals surface area (Å²) in [6.07, 6.45) is 1.56. The highest BCUT2D eigenvalue weighted by Crippen LogP contribution is 2.18. The second-order valence-corrected chi connectivity index (χ2v) is 5.76. The average Bonchev–Trinajstić information content (AvgIpc) is 2.92. The van der Waals surface area contributed by atoms with Crippen LogP contribution >= 0.6 is 15.9 Å². The lowest BCUT2D eigenvalue weighted by Crippen LogP contribution is -2.12. The molecule has 2 heterocycles. The summed E-state index contributed by atoms with van der Waals surface area (Å²) in [6.45, 7) is 1.80. The van der Waals surface area contributed by atoms with Crippen LogP contribution in [0, 0.1) is 6.92 Å². The Balaban J connectivity index is 1.75. The van der Waals surface area contributed by atoms with Gasteiger partial charge < -0.3 is 15.2 Å². The van der Waals surface area contributed by atoms with Crippen molar-refractivity contribution in [2.45, 2.75) is 6.92 Å². The van der Waals surface area contributed by atoms with Crippen molar-refractivity contribution in [1.29, 1.82) is 0 Å². The summed E-state index contributed by atoms with van der Waals surface area (Å²) in [6, 6.07) is 12.4. The highest BCUT2D eigenvalue weighted by Gasteiger charge is 2.09. The van der Waals surface area contributed by atoms with Gasteiger partial charge in [0.15, 0.2) is 5.82 Å². The fourth-order valence-electron chi connectivity index (χ4n) is 1.97. The number of aryl methyl sites for hydroxylation is 1. The molecule has 0 atom stereocenters. The van der Waals surface area contributed by atoms with Crippen molar-refractivity contribution >= 4 is 39.2 Å². The van der Waals surface area contributed by atoms with Gasteiger partial charge in [-0.05, 0) is 37.3 Å². The van der Waals surface area contributed by atoms with E-state index in [2.05, 4.69) is 36.7 Å². The molecular formula is C16H13BrN4O2. The van der Waals surface area contributed by atoms with Gasteiger partial charge in [0.2, 0.25) is 0 Å². The number of hydrogen-bond acceptors (Lipinski definition) is 5. The Morgan fingerprint density at radius 2 is 2.04 bits per heavy atom. The van der Waals surface area contributed by atoms with E-state index in [1.165, 1.54) is 0 Å². The van der Waals surface area contributed by atoms with Crippen LogP contribution in [0.3, 0.4) is 0 Å². The number of anilines is 3. The van der Waals surface area contributed by atoms with Crippen molar-refractivity contribution in [3.63, 3.8) is 0 Å². The van der Waals surface area contributed by atoms with Crippen molar-refractivity contribution in [3.8, 4) is 0 Å². The normalized spacial score (nSPS) is 10.3. The van der Waals surface area contributed by atoms with Crippen LogP contribution < -0.4 is 10.6 Å². The van der Waals surface area contributed by atoms with Crippen LogP contribution in [-0.4, -0.2) is 16.0 Å². The second-order valence-electron chi connectivity index (χ2n) is 4.84.